The monoisotopic (exact) mass is 707 g/mol. The molecule has 0 rings (SSSR count). The van der Waals surface area contributed by atoms with Gasteiger partial charge in [-0.1, -0.05) is 168 Å². The van der Waals surface area contributed by atoms with Crippen LogP contribution in [0.5, 0.6) is 0 Å². The maximum Gasteiger partial charge on any atom is 0.472 e. The van der Waals surface area contributed by atoms with Crippen LogP contribution in [0.2, 0.25) is 0 Å². The second kappa shape index (κ2) is 33.6. The van der Waals surface area contributed by atoms with Crippen LogP contribution in [0, 0.1) is 0 Å². The Morgan fingerprint density at radius 3 is 1.38 bits per heavy atom. The molecule has 0 fully saturated rings. The van der Waals surface area contributed by atoms with Gasteiger partial charge in [-0.25, -0.2) is 4.57 Å². The van der Waals surface area contributed by atoms with Crippen molar-refractivity contribution in [1.29, 1.82) is 0 Å². The summed E-state index contributed by atoms with van der Waals surface area (Å²) >= 11 is 0. The van der Waals surface area contributed by atoms with Crippen LogP contribution >= 0.6 is 7.82 Å². The van der Waals surface area contributed by atoms with Crippen LogP contribution in [0.1, 0.15) is 187 Å². The summed E-state index contributed by atoms with van der Waals surface area (Å²) in [5.74, 6) is -0.317. The number of carbonyl (C=O) groups excluding carboxylic acids is 1. The number of hydrogen-bond acceptors (Lipinski definition) is 6. The van der Waals surface area contributed by atoms with Gasteiger partial charge in [-0.3, -0.25) is 13.8 Å². The number of nitrogens with zero attached hydrogens (tertiary/aromatic N) is 1. The smallest absolute Gasteiger partial charge is 0.457 e. The zero-order valence-electron chi connectivity index (χ0n) is 32.5. The summed E-state index contributed by atoms with van der Waals surface area (Å²) < 4.78 is 34.8. The van der Waals surface area contributed by atoms with Gasteiger partial charge in [0.25, 0.3) is 0 Å². The van der Waals surface area contributed by atoms with Gasteiger partial charge in [0.05, 0.1) is 34.4 Å². The highest BCUT2D eigenvalue weighted by Gasteiger charge is 2.26. The Bertz CT molecular complexity index is 746. The van der Waals surface area contributed by atoms with Crippen LogP contribution in [0.4, 0.5) is 0 Å². The molecule has 9 heteroatoms. The first kappa shape index (κ1) is 47.5. The normalized spacial score (nSPS) is 13.9. The standard InChI is InChI=1S/C39H80NO7P/c1-6-8-10-12-14-15-16-17-18-19-20-21-22-23-24-25-27-29-31-34-44-36-38(37-46-48(42,43)45-35-33-40(3,4)5)47-39(41)32-30-28-26-13-11-9-7-2/h38H,6-37H2,1-5H3/p+1. The molecule has 0 saturated heterocycles. The Kier molecular flexibility index (Phi) is 33.3. The quantitative estimate of drug-likeness (QED) is 0.0296. The summed E-state index contributed by atoms with van der Waals surface area (Å²) in [5.41, 5.74) is 0. The minimum Gasteiger partial charge on any atom is -0.457 e. The van der Waals surface area contributed by atoms with E-state index in [9.17, 15) is 14.3 Å². The van der Waals surface area contributed by atoms with E-state index >= 15 is 0 Å². The number of unbranched alkanes of at least 4 members (excludes halogenated alkanes) is 24. The number of quaternary nitrogens is 1. The molecule has 0 aromatic carbocycles. The van der Waals surface area contributed by atoms with Crippen molar-refractivity contribution in [3.63, 3.8) is 0 Å². The number of phosphoric acid groups is 1. The minimum absolute atomic E-state index is 0.0931. The lowest BCUT2D eigenvalue weighted by Crippen LogP contribution is -2.37. The molecular formula is C39H81NO7P+. The van der Waals surface area contributed by atoms with E-state index in [1.54, 1.807) is 0 Å². The van der Waals surface area contributed by atoms with Crippen molar-refractivity contribution in [2.45, 2.75) is 193 Å². The van der Waals surface area contributed by atoms with Gasteiger partial charge in [0, 0.05) is 13.0 Å². The van der Waals surface area contributed by atoms with Crippen LogP contribution in [-0.2, 0) is 27.9 Å². The number of phosphoric ester groups is 1. The molecule has 0 heterocycles. The van der Waals surface area contributed by atoms with Crippen LogP contribution in [-0.4, -0.2) is 75.6 Å². The molecule has 0 aliphatic heterocycles. The molecule has 8 nitrogen and oxygen atoms in total. The molecule has 0 aliphatic rings. The third-order valence-corrected chi connectivity index (χ3v) is 9.90. The van der Waals surface area contributed by atoms with Gasteiger partial charge < -0.3 is 18.9 Å². The van der Waals surface area contributed by atoms with Gasteiger partial charge in [0.15, 0.2) is 0 Å². The first-order valence-corrected chi connectivity index (χ1v) is 21.8. The molecule has 0 aromatic heterocycles. The largest absolute Gasteiger partial charge is 0.472 e. The third-order valence-electron chi connectivity index (χ3n) is 8.92. The predicted octanol–water partition coefficient (Wildman–Crippen LogP) is 11.3. The minimum atomic E-state index is -4.25. The lowest BCUT2D eigenvalue weighted by molar-refractivity contribution is -0.870. The van der Waals surface area contributed by atoms with Gasteiger partial charge in [-0.2, -0.15) is 0 Å². The fraction of sp³-hybridized carbons (Fsp3) is 0.974. The summed E-state index contributed by atoms with van der Waals surface area (Å²) in [4.78, 5) is 22.6. The number of carbonyl (C=O) groups is 1. The Balaban J connectivity index is 4.06. The zero-order valence-corrected chi connectivity index (χ0v) is 33.4. The number of rotatable bonds is 38. The zero-order chi connectivity index (χ0) is 35.6. The third kappa shape index (κ3) is 36.8. The predicted molar refractivity (Wildman–Crippen MR) is 201 cm³/mol. The number of ether oxygens (including phenoxy) is 2. The molecule has 0 radical (unpaired) electrons. The molecule has 48 heavy (non-hydrogen) atoms. The molecule has 0 amide bonds. The average Bonchev–Trinajstić information content (AvgIpc) is 3.03. The van der Waals surface area contributed by atoms with E-state index in [0.29, 0.717) is 24.1 Å². The molecule has 0 aromatic rings. The van der Waals surface area contributed by atoms with E-state index in [1.165, 1.54) is 135 Å². The van der Waals surface area contributed by atoms with Crippen molar-refractivity contribution in [2.75, 3.05) is 54.1 Å². The summed E-state index contributed by atoms with van der Waals surface area (Å²) in [7, 11) is 1.68. The van der Waals surface area contributed by atoms with Crippen molar-refractivity contribution < 1.29 is 37.3 Å². The van der Waals surface area contributed by atoms with E-state index in [1.807, 2.05) is 21.1 Å². The highest BCUT2D eigenvalue weighted by molar-refractivity contribution is 7.47. The van der Waals surface area contributed by atoms with Crippen molar-refractivity contribution in [3.05, 3.63) is 0 Å². The maximum absolute atomic E-state index is 12.5. The molecule has 2 unspecified atom stereocenters. The summed E-state index contributed by atoms with van der Waals surface area (Å²) in [6, 6.07) is 0. The molecule has 0 aliphatic carbocycles. The van der Waals surface area contributed by atoms with Gasteiger partial charge in [-0.15, -0.1) is 0 Å². The van der Waals surface area contributed by atoms with Crippen LogP contribution in [0.3, 0.4) is 0 Å². The Morgan fingerprint density at radius 2 is 0.958 bits per heavy atom. The molecule has 2 atom stereocenters. The summed E-state index contributed by atoms with van der Waals surface area (Å²) in [5, 5.41) is 0. The SMILES string of the molecule is CCCCCCCCCCCCCCCCCCCCCOCC(COP(=O)(O)OCC[N+](C)(C)C)OC(=O)CCCCCCCCC. The molecular weight excluding hydrogens is 625 g/mol. The summed E-state index contributed by atoms with van der Waals surface area (Å²) in [6.45, 7) is 5.62. The second-order valence-electron chi connectivity index (χ2n) is 15.0. The van der Waals surface area contributed by atoms with E-state index in [-0.39, 0.29) is 25.8 Å². The van der Waals surface area contributed by atoms with Gasteiger partial charge in [-0.05, 0) is 12.8 Å². The fourth-order valence-electron chi connectivity index (χ4n) is 5.73. The first-order valence-electron chi connectivity index (χ1n) is 20.3. The maximum atomic E-state index is 12.5. The van der Waals surface area contributed by atoms with Gasteiger partial charge >= 0.3 is 13.8 Å². The van der Waals surface area contributed by atoms with E-state index in [0.717, 1.165) is 32.1 Å². The summed E-state index contributed by atoms with van der Waals surface area (Å²) in [6.07, 6.45) is 32.9. The van der Waals surface area contributed by atoms with E-state index < -0.39 is 13.9 Å². The van der Waals surface area contributed by atoms with Crippen molar-refractivity contribution >= 4 is 13.8 Å². The van der Waals surface area contributed by atoms with Crippen LogP contribution < -0.4 is 0 Å². The molecule has 288 valence electrons. The number of likely N-dealkylation sites (N-methyl/N-ethyl adjacent to an activating group) is 1. The fourth-order valence-corrected chi connectivity index (χ4v) is 6.47. The van der Waals surface area contributed by atoms with Crippen molar-refractivity contribution in [1.82, 2.24) is 0 Å². The number of hydrogen-bond donors (Lipinski definition) is 1. The van der Waals surface area contributed by atoms with Gasteiger partial charge in [0.1, 0.15) is 19.3 Å². The molecule has 1 N–H and O–H groups in total. The Labute approximate surface area is 298 Å². The van der Waals surface area contributed by atoms with Gasteiger partial charge in [0.2, 0.25) is 0 Å². The Morgan fingerprint density at radius 1 is 0.562 bits per heavy atom. The molecule has 0 saturated carbocycles. The lowest BCUT2D eigenvalue weighted by Gasteiger charge is -2.24. The van der Waals surface area contributed by atoms with E-state index in [4.69, 9.17) is 18.5 Å². The van der Waals surface area contributed by atoms with Crippen LogP contribution in [0.15, 0.2) is 0 Å². The highest BCUT2D eigenvalue weighted by Crippen LogP contribution is 2.43. The average molecular weight is 707 g/mol. The molecule has 0 bridgehead atoms. The highest BCUT2D eigenvalue weighted by atomic mass is 31.2. The second-order valence-corrected chi connectivity index (χ2v) is 16.5. The van der Waals surface area contributed by atoms with E-state index in [2.05, 4.69) is 13.8 Å². The molecule has 0 spiro atoms. The Hall–Kier alpha value is -0.500. The lowest BCUT2D eigenvalue weighted by atomic mass is 10.0. The first-order chi connectivity index (χ1) is 23.1. The van der Waals surface area contributed by atoms with Crippen molar-refractivity contribution in [2.24, 2.45) is 0 Å². The van der Waals surface area contributed by atoms with Crippen molar-refractivity contribution in [3.8, 4) is 0 Å². The topological polar surface area (TPSA) is 91.3 Å². The number of esters is 1. The van der Waals surface area contributed by atoms with Crippen LogP contribution in [0.25, 0.3) is 0 Å².